The molecular weight excluding hydrogens is 202 g/mol. The third-order valence-electron chi connectivity index (χ3n) is 1.93. The molecule has 3 nitrogen and oxygen atoms in total. The minimum absolute atomic E-state index is 0.0687. The Morgan fingerprint density at radius 1 is 1.57 bits per heavy atom. The average molecular weight is 214 g/mol. The second-order valence-electron chi connectivity index (χ2n) is 3.04. The van der Waals surface area contributed by atoms with Gasteiger partial charge in [-0.2, -0.15) is 0 Å². The van der Waals surface area contributed by atoms with E-state index in [2.05, 4.69) is 5.32 Å². The molecule has 0 unspecified atom stereocenters. The molecule has 0 aliphatic carbocycles. The zero-order valence-electron chi connectivity index (χ0n) is 8.10. The molecule has 1 aromatic rings. The number of aryl methyl sites for hydroxylation is 1. The van der Waals surface area contributed by atoms with Gasteiger partial charge in [-0.1, -0.05) is 17.7 Å². The first-order valence-corrected chi connectivity index (χ1v) is 4.61. The summed E-state index contributed by atoms with van der Waals surface area (Å²) < 4.78 is 0. The second kappa shape index (κ2) is 4.44. The first-order valence-electron chi connectivity index (χ1n) is 4.23. The molecule has 0 aliphatic rings. The molecule has 0 saturated carbocycles. The number of carbonyl (C=O) groups excluding carboxylic acids is 1. The van der Waals surface area contributed by atoms with Crippen LogP contribution in [-0.4, -0.2) is 24.5 Å². The summed E-state index contributed by atoms with van der Waals surface area (Å²) in [7, 11) is 1.67. The van der Waals surface area contributed by atoms with E-state index in [1.54, 1.807) is 20.0 Å². The zero-order valence-corrected chi connectivity index (χ0v) is 8.85. The predicted molar refractivity (Wildman–Crippen MR) is 56.1 cm³/mol. The third kappa shape index (κ3) is 2.05. The van der Waals surface area contributed by atoms with Gasteiger partial charge in [0.05, 0.1) is 17.1 Å². The van der Waals surface area contributed by atoms with Crippen molar-refractivity contribution in [3.63, 3.8) is 0 Å². The number of halogens is 1. The Hall–Kier alpha value is -1.06. The first kappa shape index (κ1) is 11.0. The van der Waals surface area contributed by atoms with Gasteiger partial charge in [-0.3, -0.25) is 4.79 Å². The van der Waals surface area contributed by atoms with Crippen LogP contribution in [0.1, 0.15) is 15.9 Å². The number of benzene rings is 1. The van der Waals surface area contributed by atoms with E-state index in [-0.39, 0.29) is 23.6 Å². The monoisotopic (exact) mass is 213 g/mol. The molecule has 2 N–H and O–H groups in total. The summed E-state index contributed by atoms with van der Waals surface area (Å²) >= 11 is 5.92. The van der Waals surface area contributed by atoms with E-state index in [9.17, 15) is 9.90 Å². The Morgan fingerprint density at radius 3 is 2.79 bits per heavy atom. The SMILES string of the molecule is CNCC(=O)c1c(O)ccc(C)c1Cl. The zero-order chi connectivity index (χ0) is 10.7. The smallest absolute Gasteiger partial charge is 0.181 e. The lowest BCUT2D eigenvalue weighted by atomic mass is 10.1. The van der Waals surface area contributed by atoms with Gasteiger partial charge in [0.25, 0.3) is 0 Å². The lowest BCUT2D eigenvalue weighted by molar-refractivity contribution is 0.0991. The van der Waals surface area contributed by atoms with Gasteiger partial charge in [0.2, 0.25) is 0 Å². The summed E-state index contributed by atoms with van der Waals surface area (Å²) in [6.45, 7) is 1.95. The van der Waals surface area contributed by atoms with Crippen LogP contribution in [0.2, 0.25) is 5.02 Å². The van der Waals surface area contributed by atoms with Crippen LogP contribution in [0.3, 0.4) is 0 Å². The van der Waals surface area contributed by atoms with Crippen LogP contribution in [0, 0.1) is 6.92 Å². The number of carbonyl (C=O) groups is 1. The normalized spacial score (nSPS) is 10.2. The number of rotatable bonds is 3. The summed E-state index contributed by atoms with van der Waals surface area (Å²) in [5, 5.41) is 12.5. The number of aromatic hydroxyl groups is 1. The van der Waals surface area contributed by atoms with Gasteiger partial charge in [0, 0.05) is 0 Å². The summed E-state index contributed by atoms with van der Waals surface area (Å²) in [5.41, 5.74) is 0.977. The minimum atomic E-state index is -0.210. The molecule has 0 radical (unpaired) electrons. The molecule has 76 valence electrons. The van der Waals surface area contributed by atoms with Crippen molar-refractivity contribution < 1.29 is 9.90 Å². The predicted octanol–water partition coefficient (Wildman–Crippen LogP) is 1.76. The number of phenolic OH excluding ortho intramolecular Hbond substituents is 1. The standard InChI is InChI=1S/C10H12ClNO2/c1-6-3-4-7(13)9(10(6)11)8(14)5-12-2/h3-4,12-13H,5H2,1-2H3. The van der Waals surface area contributed by atoms with Crippen molar-refractivity contribution in [1.29, 1.82) is 0 Å². The highest BCUT2D eigenvalue weighted by atomic mass is 35.5. The van der Waals surface area contributed by atoms with Gasteiger partial charge in [0.15, 0.2) is 5.78 Å². The highest BCUT2D eigenvalue weighted by molar-refractivity contribution is 6.35. The number of phenols is 1. The van der Waals surface area contributed by atoms with Crippen molar-refractivity contribution in [1.82, 2.24) is 5.32 Å². The fraction of sp³-hybridized carbons (Fsp3) is 0.300. The van der Waals surface area contributed by atoms with Crippen molar-refractivity contribution in [2.45, 2.75) is 6.92 Å². The number of likely N-dealkylation sites (N-methyl/N-ethyl adjacent to an activating group) is 1. The molecule has 0 saturated heterocycles. The van der Waals surface area contributed by atoms with Gasteiger partial charge in [-0.15, -0.1) is 0 Å². The summed E-state index contributed by atoms with van der Waals surface area (Å²) in [4.78, 5) is 11.5. The number of nitrogens with one attached hydrogen (secondary N) is 1. The highest BCUT2D eigenvalue weighted by Gasteiger charge is 2.15. The Kier molecular flexibility index (Phi) is 3.49. The van der Waals surface area contributed by atoms with Crippen LogP contribution in [0.5, 0.6) is 5.75 Å². The maximum absolute atomic E-state index is 11.5. The van der Waals surface area contributed by atoms with Gasteiger partial charge in [0.1, 0.15) is 5.75 Å². The van der Waals surface area contributed by atoms with E-state index in [1.807, 2.05) is 0 Å². The van der Waals surface area contributed by atoms with E-state index < -0.39 is 0 Å². The lowest BCUT2D eigenvalue weighted by Crippen LogP contribution is -2.19. The quantitative estimate of drug-likeness (QED) is 0.753. The van der Waals surface area contributed by atoms with Crippen LogP contribution < -0.4 is 5.32 Å². The van der Waals surface area contributed by atoms with Gasteiger partial charge < -0.3 is 10.4 Å². The topological polar surface area (TPSA) is 49.3 Å². The summed E-state index contributed by atoms with van der Waals surface area (Å²) in [6, 6.07) is 3.15. The molecule has 0 amide bonds. The fourth-order valence-electron chi connectivity index (χ4n) is 1.18. The van der Waals surface area contributed by atoms with E-state index in [0.717, 1.165) is 5.56 Å². The molecule has 0 heterocycles. The molecule has 0 aliphatic heterocycles. The van der Waals surface area contributed by atoms with Crippen LogP contribution in [-0.2, 0) is 0 Å². The fourth-order valence-corrected chi connectivity index (χ4v) is 1.45. The number of hydrogen-bond acceptors (Lipinski definition) is 3. The lowest BCUT2D eigenvalue weighted by Gasteiger charge is -2.07. The number of Topliss-reactive ketones (excluding diaryl/α,β-unsaturated/α-hetero) is 1. The van der Waals surface area contributed by atoms with Gasteiger partial charge >= 0.3 is 0 Å². The van der Waals surface area contributed by atoms with E-state index >= 15 is 0 Å². The largest absolute Gasteiger partial charge is 0.507 e. The van der Waals surface area contributed by atoms with E-state index in [4.69, 9.17) is 11.6 Å². The molecule has 0 aromatic heterocycles. The van der Waals surface area contributed by atoms with Crippen molar-refractivity contribution in [2.24, 2.45) is 0 Å². The van der Waals surface area contributed by atoms with Crippen LogP contribution in [0.15, 0.2) is 12.1 Å². The molecule has 14 heavy (non-hydrogen) atoms. The van der Waals surface area contributed by atoms with Crippen LogP contribution >= 0.6 is 11.6 Å². The third-order valence-corrected chi connectivity index (χ3v) is 2.42. The maximum Gasteiger partial charge on any atom is 0.181 e. The van der Waals surface area contributed by atoms with Gasteiger partial charge in [-0.25, -0.2) is 0 Å². The molecule has 0 spiro atoms. The summed E-state index contributed by atoms with van der Waals surface area (Å²) in [5.74, 6) is -0.278. The van der Waals surface area contributed by atoms with Crippen molar-refractivity contribution in [2.75, 3.05) is 13.6 Å². The van der Waals surface area contributed by atoms with Gasteiger partial charge in [-0.05, 0) is 25.6 Å². The van der Waals surface area contributed by atoms with Crippen molar-refractivity contribution >= 4 is 17.4 Å². The van der Waals surface area contributed by atoms with Crippen molar-refractivity contribution in [3.8, 4) is 5.75 Å². The molecule has 0 bridgehead atoms. The average Bonchev–Trinajstić information content (AvgIpc) is 2.13. The molecule has 4 heteroatoms. The summed E-state index contributed by atoms with van der Waals surface area (Å²) in [6.07, 6.45) is 0. The number of hydrogen-bond donors (Lipinski definition) is 2. The first-order chi connectivity index (χ1) is 6.57. The molecule has 0 atom stereocenters. The molecule has 1 aromatic carbocycles. The Labute approximate surface area is 87.7 Å². The number of ketones is 1. The van der Waals surface area contributed by atoms with E-state index in [1.165, 1.54) is 6.07 Å². The Morgan fingerprint density at radius 2 is 2.21 bits per heavy atom. The Balaban J connectivity index is 3.18. The van der Waals surface area contributed by atoms with E-state index in [0.29, 0.717) is 5.02 Å². The van der Waals surface area contributed by atoms with Crippen LogP contribution in [0.4, 0.5) is 0 Å². The molecule has 1 rings (SSSR count). The highest BCUT2D eigenvalue weighted by Crippen LogP contribution is 2.28. The maximum atomic E-state index is 11.5. The molecule has 0 fully saturated rings. The Bertz CT molecular complexity index is 363. The molecular formula is C10H12ClNO2. The van der Waals surface area contributed by atoms with Crippen molar-refractivity contribution in [3.05, 3.63) is 28.3 Å². The second-order valence-corrected chi connectivity index (χ2v) is 3.42. The minimum Gasteiger partial charge on any atom is -0.507 e. The van der Waals surface area contributed by atoms with Crippen LogP contribution in [0.25, 0.3) is 0 Å².